The number of nitrogens with zero attached hydrogens (tertiary/aromatic N) is 9. The minimum Gasteiger partial charge on any atom is -0.366 e. The zero-order chi connectivity index (χ0) is 17.4. The molecule has 0 aliphatic carbocycles. The lowest BCUT2D eigenvalue weighted by atomic mass is 10.4. The Kier molecular flexibility index (Phi) is 3.64. The SMILES string of the molecule is CN(CCNc1ncnc2c1ncn2C)c1ncnc2c1ncn2C. The third kappa shape index (κ3) is 2.61. The average molecular weight is 338 g/mol. The first kappa shape index (κ1) is 15.2. The summed E-state index contributed by atoms with van der Waals surface area (Å²) in [5.74, 6) is 1.53. The van der Waals surface area contributed by atoms with E-state index >= 15 is 0 Å². The summed E-state index contributed by atoms with van der Waals surface area (Å²) < 4.78 is 3.75. The van der Waals surface area contributed by atoms with Crippen LogP contribution in [0.2, 0.25) is 0 Å². The van der Waals surface area contributed by atoms with Crippen LogP contribution >= 0.6 is 0 Å². The van der Waals surface area contributed by atoms with E-state index in [2.05, 4.69) is 35.2 Å². The van der Waals surface area contributed by atoms with Gasteiger partial charge in [0.1, 0.15) is 18.2 Å². The molecule has 128 valence electrons. The molecule has 0 saturated carbocycles. The van der Waals surface area contributed by atoms with Crippen molar-refractivity contribution >= 4 is 34.0 Å². The number of nitrogens with one attached hydrogen (secondary N) is 1. The van der Waals surface area contributed by atoms with Gasteiger partial charge in [0.2, 0.25) is 0 Å². The van der Waals surface area contributed by atoms with E-state index in [0.717, 1.165) is 40.5 Å². The lowest BCUT2D eigenvalue weighted by molar-refractivity contribution is 0.887. The normalized spacial score (nSPS) is 11.3. The quantitative estimate of drug-likeness (QED) is 0.564. The van der Waals surface area contributed by atoms with Gasteiger partial charge in [0, 0.05) is 34.2 Å². The van der Waals surface area contributed by atoms with E-state index in [0.29, 0.717) is 6.54 Å². The molecule has 0 aliphatic rings. The van der Waals surface area contributed by atoms with Crippen molar-refractivity contribution in [2.24, 2.45) is 14.1 Å². The lowest BCUT2D eigenvalue weighted by Crippen LogP contribution is -2.26. The Morgan fingerprint density at radius 1 is 0.880 bits per heavy atom. The number of likely N-dealkylation sites (N-methyl/N-ethyl adjacent to an activating group) is 1. The maximum absolute atomic E-state index is 4.39. The van der Waals surface area contributed by atoms with E-state index in [9.17, 15) is 0 Å². The van der Waals surface area contributed by atoms with Gasteiger partial charge in [-0.25, -0.2) is 29.9 Å². The fraction of sp³-hybridized carbons (Fsp3) is 0.333. The van der Waals surface area contributed by atoms with Crippen LogP contribution in [0.3, 0.4) is 0 Å². The first-order chi connectivity index (χ1) is 12.1. The van der Waals surface area contributed by atoms with E-state index in [-0.39, 0.29) is 0 Å². The van der Waals surface area contributed by atoms with Gasteiger partial charge in [0.25, 0.3) is 0 Å². The number of rotatable bonds is 5. The third-order valence-electron chi connectivity index (χ3n) is 4.08. The fourth-order valence-electron chi connectivity index (χ4n) is 2.74. The van der Waals surface area contributed by atoms with E-state index < -0.39 is 0 Å². The smallest absolute Gasteiger partial charge is 0.165 e. The minimum absolute atomic E-state index is 0.678. The second-order valence-corrected chi connectivity index (χ2v) is 5.82. The number of anilines is 2. The highest BCUT2D eigenvalue weighted by molar-refractivity contribution is 5.83. The molecule has 0 atom stereocenters. The summed E-state index contributed by atoms with van der Waals surface area (Å²) in [6, 6.07) is 0. The van der Waals surface area contributed by atoms with E-state index in [4.69, 9.17) is 0 Å². The van der Waals surface area contributed by atoms with Gasteiger partial charge in [-0.05, 0) is 0 Å². The molecule has 0 saturated heterocycles. The van der Waals surface area contributed by atoms with Crippen molar-refractivity contribution in [1.29, 1.82) is 0 Å². The molecule has 0 fully saturated rings. The van der Waals surface area contributed by atoms with Crippen LogP contribution in [-0.2, 0) is 14.1 Å². The van der Waals surface area contributed by atoms with Crippen molar-refractivity contribution in [3.63, 3.8) is 0 Å². The van der Waals surface area contributed by atoms with Crippen LogP contribution in [0.5, 0.6) is 0 Å². The van der Waals surface area contributed by atoms with Gasteiger partial charge >= 0.3 is 0 Å². The minimum atomic E-state index is 0.678. The molecule has 10 heteroatoms. The van der Waals surface area contributed by atoms with Gasteiger partial charge in [0.05, 0.1) is 12.7 Å². The molecule has 0 spiro atoms. The van der Waals surface area contributed by atoms with E-state index in [1.165, 1.54) is 6.33 Å². The molecule has 10 nitrogen and oxygen atoms in total. The highest BCUT2D eigenvalue weighted by Gasteiger charge is 2.13. The van der Waals surface area contributed by atoms with Gasteiger partial charge in [0.15, 0.2) is 28.4 Å². The van der Waals surface area contributed by atoms with Gasteiger partial charge < -0.3 is 19.4 Å². The second kappa shape index (κ2) is 5.96. The van der Waals surface area contributed by atoms with Gasteiger partial charge in [-0.3, -0.25) is 0 Å². The molecule has 25 heavy (non-hydrogen) atoms. The number of aromatic nitrogens is 8. The number of aryl methyl sites for hydroxylation is 2. The second-order valence-electron chi connectivity index (χ2n) is 5.82. The molecule has 0 unspecified atom stereocenters. The van der Waals surface area contributed by atoms with Crippen molar-refractivity contribution in [3.8, 4) is 0 Å². The van der Waals surface area contributed by atoms with Crippen molar-refractivity contribution in [2.75, 3.05) is 30.4 Å². The Bertz CT molecular complexity index is 1030. The van der Waals surface area contributed by atoms with Crippen LogP contribution in [0, 0.1) is 0 Å². The first-order valence-corrected chi connectivity index (χ1v) is 7.84. The average Bonchev–Trinajstić information content (AvgIpc) is 3.19. The molecule has 0 amide bonds. The summed E-state index contributed by atoms with van der Waals surface area (Å²) in [5, 5.41) is 3.32. The Morgan fingerprint density at radius 3 is 2.28 bits per heavy atom. The van der Waals surface area contributed by atoms with E-state index in [1.54, 1.807) is 19.0 Å². The van der Waals surface area contributed by atoms with Gasteiger partial charge in [-0.2, -0.15) is 0 Å². The Morgan fingerprint density at radius 2 is 1.52 bits per heavy atom. The third-order valence-corrected chi connectivity index (χ3v) is 4.08. The highest BCUT2D eigenvalue weighted by Crippen LogP contribution is 2.20. The molecule has 4 rings (SSSR count). The van der Waals surface area contributed by atoms with Gasteiger partial charge in [-0.1, -0.05) is 0 Å². The maximum Gasteiger partial charge on any atom is 0.165 e. The summed E-state index contributed by atoms with van der Waals surface area (Å²) in [6.45, 7) is 1.40. The standard InChI is InChI=1S/C15H18N10/c1-23(14-11-15(20-7-19-14)25(3)9-22-11)5-4-16-12-10-13(18-6-17-12)24(2)8-21-10/h6-9H,4-5H2,1-3H3,(H,16,17,18). The number of fused-ring (bicyclic) bond motifs is 2. The Hall–Kier alpha value is -3.30. The predicted molar refractivity (Wildman–Crippen MR) is 94.4 cm³/mol. The van der Waals surface area contributed by atoms with Crippen molar-refractivity contribution in [3.05, 3.63) is 25.3 Å². The summed E-state index contributed by atoms with van der Waals surface area (Å²) in [7, 11) is 5.81. The molecular formula is C15H18N10. The maximum atomic E-state index is 4.39. The molecule has 0 bridgehead atoms. The molecule has 1 N–H and O–H groups in total. The van der Waals surface area contributed by atoms with Crippen LogP contribution in [0.1, 0.15) is 0 Å². The zero-order valence-corrected chi connectivity index (χ0v) is 14.2. The summed E-state index contributed by atoms with van der Waals surface area (Å²) in [4.78, 5) is 27.9. The molecule has 0 aliphatic heterocycles. The van der Waals surface area contributed by atoms with Crippen molar-refractivity contribution in [2.45, 2.75) is 0 Å². The van der Waals surface area contributed by atoms with Crippen LogP contribution in [0.15, 0.2) is 25.3 Å². The van der Waals surface area contributed by atoms with Gasteiger partial charge in [-0.15, -0.1) is 0 Å². The molecule has 4 heterocycles. The van der Waals surface area contributed by atoms with Crippen LogP contribution in [-0.4, -0.2) is 59.2 Å². The monoisotopic (exact) mass is 338 g/mol. The van der Waals surface area contributed by atoms with Crippen LogP contribution in [0.4, 0.5) is 11.6 Å². The number of hydrogen-bond acceptors (Lipinski definition) is 8. The van der Waals surface area contributed by atoms with Crippen molar-refractivity contribution < 1.29 is 0 Å². The molecule has 4 aromatic rings. The first-order valence-electron chi connectivity index (χ1n) is 7.84. The zero-order valence-electron chi connectivity index (χ0n) is 14.2. The number of hydrogen-bond donors (Lipinski definition) is 1. The van der Waals surface area contributed by atoms with Crippen LogP contribution < -0.4 is 10.2 Å². The Labute approximate surface area is 143 Å². The predicted octanol–water partition coefficient (Wildman–Crippen LogP) is 0.588. The highest BCUT2D eigenvalue weighted by atomic mass is 15.2. The summed E-state index contributed by atoms with van der Waals surface area (Å²) in [6.07, 6.45) is 6.58. The van der Waals surface area contributed by atoms with E-state index in [1.807, 2.05) is 35.2 Å². The molecule has 4 aromatic heterocycles. The topological polar surface area (TPSA) is 102 Å². The number of imidazole rings is 2. The fourth-order valence-corrected chi connectivity index (χ4v) is 2.74. The largest absolute Gasteiger partial charge is 0.366 e. The lowest BCUT2D eigenvalue weighted by Gasteiger charge is -2.18. The van der Waals surface area contributed by atoms with Crippen LogP contribution in [0.25, 0.3) is 22.3 Å². The molecule has 0 aromatic carbocycles. The molecule has 0 radical (unpaired) electrons. The summed E-state index contributed by atoms with van der Waals surface area (Å²) >= 11 is 0. The summed E-state index contributed by atoms with van der Waals surface area (Å²) in [5.41, 5.74) is 3.18. The van der Waals surface area contributed by atoms with Crippen molar-refractivity contribution in [1.82, 2.24) is 39.0 Å². The Balaban J connectivity index is 1.49. The molecular weight excluding hydrogens is 320 g/mol.